The second-order valence-corrected chi connectivity index (χ2v) is 12.6. The first-order chi connectivity index (χ1) is 16.1. The molecule has 0 spiro atoms. The van der Waals surface area contributed by atoms with E-state index in [0.717, 1.165) is 51.4 Å². The fourth-order valence-corrected chi connectivity index (χ4v) is 9.04. The second-order valence-electron chi connectivity index (χ2n) is 12.6. The molecule has 0 bridgehead atoms. The van der Waals surface area contributed by atoms with Crippen LogP contribution in [-0.4, -0.2) is 23.5 Å². The Morgan fingerprint density at radius 1 is 1.15 bits per heavy atom. The number of nitrogens with one attached hydrogen (secondary N) is 1. The van der Waals surface area contributed by atoms with Crippen molar-refractivity contribution in [3.8, 4) is 11.8 Å². The van der Waals surface area contributed by atoms with Crippen LogP contribution < -0.4 is 5.32 Å². The van der Waals surface area contributed by atoms with E-state index in [-0.39, 0.29) is 16.2 Å². The van der Waals surface area contributed by atoms with Crippen LogP contribution in [0.25, 0.3) is 0 Å². The molecule has 5 aliphatic carbocycles. The maximum absolute atomic E-state index is 12.4. The molecule has 3 nitrogen and oxygen atoms in total. The van der Waals surface area contributed by atoms with Crippen LogP contribution in [0.5, 0.6) is 0 Å². The Hall–Kier alpha value is -1.79. The van der Waals surface area contributed by atoms with Crippen LogP contribution in [-0.2, 0) is 4.79 Å². The first-order valence-corrected chi connectivity index (χ1v) is 13.6. The van der Waals surface area contributed by atoms with Gasteiger partial charge in [0.15, 0.2) is 5.78 Å². The van der Waals surface area contributed by atoms with Gasteiger partial charge < -0.3 is 10.4 Å². The fourth-order valence-electron chi connectivity index (χ4n) is 9.04. The van der Waals surface area contributed by atoms with Crippen molar-refractivity contribution in [1.29, 1.82) is 0 Å². The van der Waals surface area contributed by atoms with Crippen LogP contribution in [0.4, 0.5) is 0 Å². The minimum atomic E-state index is -0.892. The number of fused-ring (bicyclic) bond motifs is 5. The number of carbonyl (C=O) groups is 1. The number of carbonyl (C=O) groups excluding carboxylic acids is 1. The minimum Gasteiger partial charge on any atom is -0.388 e. The molecular formula is C31H43NO2. The number of aliphatic hydroxyl groups is 1. The summed E-state index contributed by atoms with van der Waals surface area (Å²) >= 11 is 0. The smallest absolute Gasteiger partial charge is 0.155 e. The summed E-state index contributed by atoms with van der Waals surface area (Å²) in [5, 5.41) is 15.3. The predicted molar refractivity (Wildman–Crippen MR) is 138 cm³/mol. The monoisotopic (exact) mass is 461 g/mol. The zero-order chi connectivity index (χ0) is 24.4. The molecule has 0 amide bonds. The topological polar surface area (TPSA) is 49.3 Å². The lowest BCUT2D eigenvalue weighted by atomic mass is 9.40. The lowest BCUT2D eigenvalue weighted by Crippen LogP contribution is -2.60. The Labute approximate surface area is 206 Å². The normalized spacial score (nSPS) is 47.4. The van der Waals surface area contributed by atoms with Crippen molar-refractivity contribution >= 4 is 5.78 Å². The number of hydrogen-bond donors (Lipinski definition) is 2. The second kappa shape index (κ2) is 8.12. The summed E-state index contributed by atoms with van der Waals surface area (Å²) in [6.45, 7) is 9.35. The van der Waals surface area contributed by atoms with Crippen molar-refractivity contribution in [3.05, 3.63) is 35.6 Å². The lowest BCUT2D eigenvalue weighted by Gasteiger charge is -2.64. The van der Waals surface area contributed by atoms with Gasteiger partial charge in [0.05, 0.1) is 0 Å². The van der Waals surface area contributed by atoms with Crippen LogP contribution in [0, 0.1) is 51.8 Å². The van der Waals surface area contributed by atoms with Crippen molar-refractivity contribution < 1.29 is 9.90 Å². The molecular weight excluding hydrogens is 418 g/mol. The average molecular weight is 462 g/mol. The van der Waals surface area contributed by atoms with Gasteiger partial charge in [0, 0.05) is 31.0 Å². The maximum atomic E-state index is 12.4. The van der Waals surface area contributed by atoms with Crippen LogP contribution >= 0.6 is 0 Å². The molecule has 3 saturated carbocycles. The van der Waals surface area contributed by atoms with Crippen LogP contribution in [0.1, 0.15) is 85.5 Å². The molecule has 5 rings (SSSR count). The zero-order valence-electron chi connectivity index (χ0n) is 21.8. The molecule has 1 unspecified atom stereocenters. The minimum absolute atomic E-state index is 0.0336. The third kappa shape index (κ3) is 3.31. The number of rotatable bonds is 2. The summed E-state index contributed by atoms with van der Waals surface area (Å²) in [5.74, 6) is 9.02. The van der Waals surface area contributed by atoms with Crippen molar-refractivity contribution in [2.24, 2.45) is 39.9 Å². The van der Waals surface area contributed by atoms with E-state index in [2.05, 4.69) is 63.1 Å². The predicted octanol–water partition coefficient (Wildman–Crippen LogP) is 5.96. The highest BCUT2D eigenvalue weighted by Gasteiger charge is 2.67. The van der Waals surface area contributed by atoms with Crippen molar-refractivity contribution in [1.82, 2.24) is 5.32 Å². The Bertz CT molecular complexity index is 1030. The van der Waals surface area contributed by atoms with E-state index in [1.165, 1.54) is 11.3 Å². The molecule has 2 N–H and O–H groups in total. The fraction of sp³-hybridized carbons (Fsp3) is 0.710. The molecule has 8 atom stereocenters. The molecule has 3 heteroatoms. The molecule has 184 valence electrons. The van der Waals surface area contributed by atoms with E-state index >= 15 is 0 Å². The molecule has 0 aromatic carbocycles. The SMILES string of the molecule is CCC#C[C@]1(O)CC[C@H]2[C@@H]3CCC4=CC(=O)CC[C@]4(C)[C@H]3[C@@H](C3(C)C=CC(NC)=CC3)C[C@@]21C. The Balaban J connectivity index is 1.63. The molecule has 0 aromatic heterocycles. The highest BCUT2D eigenvalue weighted by atomic mass is 16.3. The van der Waals surface area contributed by atoms with Gasteiger partial charge in [0.2, 0.25) is 0 Å². The van der Waals surface area contributed by atoms with E-state index in [9.17, 15) is 9.90 Å². The van der Waals surface area contributed by atoms with Gasteiger partial charge in [0.25, 0.3) is 0 Å². The molecule has 0 aromatic rings. The first kappa shape index (κ1) is 23.9. The zero-order valence-corrected chi connectivity index (χ0v) is 21.8. The van der Waals surface area contributed by atoms with Gasteiger partial charge in [0.1, 0.15) is 5.60 Å². The van der Waals surface area contributed by atoms with Crippen molar-refractivity contribution in [2.45, 2.75) is 91.1 Å². The van der Waals surface area contributed by atoms with E-state index in [0.29, 0.717) is 35.9 Å². The molecule has 5 aliphatic rings. The number of likely N-dealkylation sites (N-methyl/N-ethyl adjacent to an activating group) is 1. The van der Waals surface area contributed by atoms with Crippen molar-refractivity contribution in [3.63, 3.8) is 0 Å². The van der Waals surface area contributed by atoms with Gasteiger partial charge >= 0.3 is 0 Å². The Morgan fingerprint density at radius 3 is 2.62 bits per heavy atom. The molecule has 3 fully saturated rings. The van der Waals surface area contributed by atoms with Gasteiger partial charge in [-0.15, -0.1) is 5.92 Å². The summed E-state index contributed by atoms with van der Waals surface area (Å²) in [5.41, 5.74) is 1.64. The number of ketones is 1. The molecule has 34 heavy (non-hydrogen) atoms. The summed E-state index contributed by atoms with van der Waals surface area (Å²) in [7, 11) is 1.99. The Morgan fingerprint density at radius 2 is 1.94 bits per heavy atom. The van der Waals surface area contributed by atoms with Gasteiger partial charge in [-0.2, -0.15) is 0 Å². The largest absolute Gasteiger partial charge is 0.388 e. The highest BCUT2D eigenvalue weighted by Crippen LogP contribution is 2.71. The third-order valence-corrected chi connectivity index (χ3v) is 11.1. The third-order valence-electron chi connectivity index (χ3n) is 11.1. The number of allylic oxidation sites excluding steroid dienone is 4. The molecule has 0 heterocycles. The van der Waals surface area contributed by atoms with Gasteiger partial charge in [-0.3, -0.25) is 4.79 Å². The maximum Gasteiger partial charge on any atom is 0.155 e. The van der Waals surface area contributed by atoms with E-state index < -0.39 is 5.60 Å². The molecule has 0 aliphatic heterocycles. The quantitative estimate of drug-likeness (QED) is 0.499. The molecule has 0 radical (unpaired) electrons. The first-order valence-electron chi connectivity index (χ1n) is 13.6. The summed E-state index contributed by atoms with van der Waals surface area (Å²) in [6, 6.07) is 0. The number of hydrogen-bond acceptors (Lipinski definition) is 3. The lowest BCUT2D eigenvalue weighted by molar-refractivity contribution is -0.150. The van der Waals surface area contributed by atoms with Gasteiger partial charge in [-0.05, 0) is 91.6 Å². The molecule has 0 saturated heterocycles. The summed E-state index contributed by atoms with van der Waals surface area (Å²) in [4.78, 5) is 12.4. The standard InChI is InChI=1S/C31H43NO2/c1-6-7-14-31(34)18-13-25-24-9-8-21-19-23(33)12-17-29(21,3)27(24)26(20-30(25,31)4)28(2)15-10-22(32-5)11-16-28/h10-11,15,19,24-27,32,34H,6,8-9,12-13,16-18,20H2,1-5H3/t24-,25-,26-,27+,28?,29-,30-,31-/m0/s1. The summed E-state index contributed by atoms with van der Waals surface area (Å²) in [6.07, 6.45) is 17.6. The van der Waals surface area contributed by atoms with E-state index in [1.54, 1.807) is 0 Å². The summed E-state index contributed by atoms with van der Waals surface area (Å²) < 4.78 is 0. The van der Waals surface area contributed by atoms with E-state index in [1.807, 2.05) is 13.1 Å². The van der Waals surface area contributed by atoms with Gasteiger partial charge in [-0.1, -0.05) is 51.3 Å². The highest BCUT2D eigenvalue weighted by molar-refractivity contribution is 5.91. The van der Waals surface area contributed by atoms with Crippen LogP contribution in [0.2, 0.25) is 0 Å². The van der Waals surface area contributed by atoms with Crippen LogP contribution in [0.3, 0.4) is 0 Å². The average Bonchev–Trinajstić information content (AvgIpc) is 3.09. The van der Waals surface area contributed by atoms with Gasteiger partial charge in [-0.25, -0.2) is 0 Å². The van der Waals surface area contributed by atoms with Crippen molar-refractivity contribution in [2.75, 3.05) is 7.05 Å². The van der Waals surface area contributed by atoms with E-state index in [4.69, 9.17) is 0 Å². The van der Waals surface area contributed by atoms with Crippen LogP contribution in [0.15, 0.2) is 35.6 Å². The Kier molecular flexibility index (Phi) is 5.72.